The van der Waals surface area contributed by atoms with Gasteiger partial charge in [-0.1, -0.05) is 0 Å². The summed E-state index contributed by atoms with van der Waals surface area (Å²) in [6.07, 6.45) is 3.21. The van der Waals surface area contributed by atoms with E-state index in [1.54, 1.807) is 12.2 Å². The molecule has 0 unspecified atom stereocenters. The molecule has 0 amide bonds. The maximum absolute atomic E-state index is 12.6. The minimum Gasteiger partial charge on any atom is -0.435 e. The second-order valence-electron chi connectivity index (χ2n) is 5.75. The van der Waals surface area contributed by atoms with Gasteiger partial charge in [-0.05, 0) is 61.4 Å². The van der Waals surface area contributed by atoms with Crippen LogP contribution in [-0.2, 0) is 0 Å². The van der Waals surface area contributed by atoms with E-state index in [4.69, 9.17) is 0 Å². The first-order valence-electron chi connectivity index (χ1n) is 7.91. The predicted octanol–water partition coefficient (Wildman–Crippen LogP) is 6.29. The van der Waals surface area contributed by atoms with Gasteiger partial charge in [0.2, 0.25) is 0 Å². The summed E-state index contributed by atoms with van der Waals surface area (Å²) in [5, 5.41) is 0.686. The van der Waals surface area contributed by atoms with E-state index in [9.17, 15) is 17.6 Å². The number of rotatable bonds is 6. The van der Waals surface area contributed by atoms with E-state index in [-0.39, 0.29) is 11.5 Å². The molecule has 142 valence electrons. The zero-order valence-corrected chi connectivity index (χ0v) is 15.2. The molecule has 0 aliphatic carbocycles. The molecule has 3 rings (SSSR count). The number of aryl methyl sites for hydroxylation is 2. The fourth-order valence-electron chi connectivity index (χ4n) is 2.46. The molecule has 3 aromatic rings. The van der Waals surface area contributed by atoms with Crippen molar-refractivity contribution in [2.24, 2.45) is 0 Å². The largest absolute Gasteiger partial charge is 0.435 e. The summed E-state index contributed by atoms with van der Waals surface area (Å²) in [6.45, 7) is -2.13. The Kier molecular flexibility index (Phi) is 5.65. The summed E-state index contributed by atoms with van der Waals surface area (Å²) < 4.78 is 59.5. The first-order valence-corrected chi connectivity index (χ1v) is 8.73. The minimum atomic E-state index is -3.09. The molecular formula is C19H15F4NO2S. The smallest absolute Gasteiger partial charge is 0.387 e. The number of alkyl halides is 4. The summed E-state index contributed by atoms with van der Waals surface area (Å²) in [4.78, 5) is 4.50. The SMILES string of the molecule is Cc1cc2nc(C=Cc3ccc(OC(F)F)cc3OC(F)F)sc2cc1C. The van der Waals surface area contributed by atoms with Crippen molar-refractivity contribution in [1.82, 2.24) is 4.98 Å². The third-order valence-corrected chi connectivity index (χ3v) is 4.84. The quantitative estimate of drug-likeness (QED) is 0.458. The highest BCUT2D eigenvalue weighted by atomic mass is 32.1. The van der Waals surface area contributed by atoms with E-state index in [1.165, 1.54) is 23.5 Å². The average Bonchev–Trinajstić information content (AvgIpc) is 2.95. The lowest BCUT2D eigenvalue weighted by atomic mass is 10.1. The molecular weight excluding hydrogens is 382 g/mol. The van der Waals surface area contributed by atoms with Crippen LogP contribution in [0.5, 0.6) is 11.5 Å². The Morgan fingerprint density at radius 3 is 2.33 bits per heavy atom. The normalized spacial score (nSPS) is 11.9. The van der Waals surface area contributed by atoms with Crippen LogP contribution in [0.1, 0.15) is 21.7 Å². The molecule has 0 saturated carbocycles. The van der Waals surface area contributed by atoms with E-state index in [2.05, 4.69) is 14.5 Å². The molecule has 0 saturated heterocycles. The minimum absolute atomic E-state index is 0.257. The van der Waals surface area contributed by atoms with Gasteiger partial charge in [-0.3, -0.25) is 0 Å². The first kappa shape index (κ1) is 19.2. The van der Waals surface area contributed by atoms with Crippen molar-refractivity contribution < 1.29 is 27.0 Å². The van der Waals surface area contributed by atoms with Crippen LogP contribution in [0.4, 0.5) is 17.6 Å². The lowest BCUT2D eigenvalue weighted by Gasteiger charge is -2.11. The van der Waals surface area contributed by atoms with E-state index in [0.29, 0.717) is 10.6 Å². The van der Waals surface area contributed by atoms with Gasteiger partial charge in [0.15, 0.2) is 0 Å². The van der Waals surface area contributed by atoms with Gasteiger partial charge in [0.25, 0.3) is 0 Å². The lowest BCUT2D eigenvalue weighted by molar-refractivity contribution is -0.0543. The van der Waals surface area contributed by atoms with Gasteiger partial charge in [0, 0.05) is 11.6 Å². The van der Waals surface area contributed by atoms with Crippen LogP contribution < -0.4 is 9.47 Å². The number of aromatic nitrogens is 1. The Morgan fingerprint density at radius 1 is 0.926 bits per heavy atom. The maximum atomic E-state index is 12.6. The van der Waals surface area contributed by atoms with Gasteiger partial charge in [-0.25, -0.2) is 4.98 Å². The number of fused-ring (bicyclic) bond motifs is 1. The molecule has 2 aromatic carbocycles. The van der Waals surface area contributed by atoms with Crippen molar-refractivity contribution >= 4 is 33.7 Å². The Balaban J connectivity index is 1.91. The zero-order valence-electron chi connectivity index (χ0n) is 14.4. The summed E-state index contributed by atoms with van der Waals surface area (Å²) in [6, 6.07) is 7.66. The van der Waals surface area contributed by atoms with Crippen molar-refractivity contribution in [3.8, 4) is 11.5 Å². The second kappa shape index (κ2) is 7.96. The Bertz CT molecular complexity index is 946. The number of halogens is 4. The molecule has 0 radical (unpaired) electrons. The van der Waals surface area contributed by atoms with E-state index in [1.807, 2.05) is 26.0 Å². The number of nitrogens with zero attached hydrogens (tertiary/aromatic N) is 1. The Labute approximate surface area is 156 Å². The zero-order chi connectivity index (χ0) is 19.6. The maximum Gasteiger partial charge on any atom is 0.387 e. The highest BCUT2D eigenvalue weighted by Gasteiger charge is 2.12. The number of hydrogen-bond acceptors (Lipinski definition) is 4. The van der Waals surface area contributed by atoms with Gasteiger partial charge in [-0.2, -0.15) is 17.6 Å². The highest BCUT2D eigenvalue weighted by molar-refractivity contribution is 7.19. The molecule has 0 N–H and O–H groups in total. The molecule has 0 aliphatic heterocycles. The second-order valence-corrected chi connectivity index (χ2v) is 6.81. The van der Waals surface area contributed by atoms with Crippen LogP contribution in [0.25, 0.3) is 22.4 Å². The Morgan fingerprint density at radius 2 is 1.63 bits per heavy atom. The summed E-state index contributed by atoms with van der Waals surface area (Å²) in [5.41, 5.74) is 3.44. The van der Waals surface area contributed by atoms with Crippen molar-refractivity contribution in [3.05, 3.63) is 52.0 Å². The molecule has 0 bridgehead atoms. The molecule has 8 heteroatoms. The topological polar surface area (TPSA) is 31.4 Å². The molecule has 0 spiro atoms. The van der Waals surface area contributed by atoms with E-state index >= 15 is 0 Å². The first-order chi connectivity index (χ1) is 12.8. The highest BCUT2D eigenvalue weighted by Crippen LogP contribution is 2.30. The van der Waals surface area contributed by atoms with Crippen LogP contribution in [-0.4, -0.2) is 18.2 Å². The predicted molar refractivity (Wildman–Crippen MR) is 97.7 cm³/mol. The molecule has 1 heterocycles. The van der Waals surface area contributed by atoms with Crippen molar-refractivity contribution in [2.45, 2.75) is 27.1 Å². The monoisotopic (exact) mass is 397 g/mol. The summed E-state index contributed by atoms with van der Waals surface area (Å²) in [5.74, 6) is -0.518. The fraction of sp³-hybridized carbons (Fsp3) is 0.211. The van der Waals surface area contributed by atoms with Gasteiger partial charge in [-0.15, -0.1) is 11.3 Å². The average molecular weight is 397 g/mol. The van der Waals surface area contributed by atoms with E-state index in [0.717, 1.165) is 27.4 Å². The number of ether oxygens (including phenoxy) is 2. The molecule has 0 atom stereocenters. The third kappa shape index (κ3) is 4.77. The number of thiazole rings is 1. The fourth-order valence-corrected chi connectivity index (χ4v) is 3.41. The van der Waals surface area contributed by atoms with Crippen LogP contribution >= 0.6 is 11.3 Å². The molecule has 0 fully saturated rings. The van der Waals surface area contributed by atoms with Gasteiger partial charge >= 0.3 is 13.2 Å². The molecule has 3 nitrogen and oxygen atoms in total. The van der Waals surface area contributed by atoms with Gasteiger partial charge in [0.1, 0.15) is 16.5 Å². The van der Waals surface area contributed by atoms with Gasteiger partial charge in [0.05, 0.1) is 10.2 Å². The van der Waals surface area contributed by atoms with Crippen LogP contribution in [0.15, 0.2) is 30.3 Å². The van der Waals surface area contributed by atoms with Crippen LogP contribution in [0, 0.1) is 13.8 Å². The Hall–Kier alpha value is -2.61. The number of hydrogen-bond donors (Lipinski definition) is 0. The standard InChI is InChI=1S/C19H15F4NO2S/c1-10-7-14-16(8-11(10)2)27-17(24-14)6-4-12-3-5-13(25-18(20)21)9-15(12)26-19(22)23/h3-9,18-19H,1-2H3. The summed E-state index contributed by atoms with van der Waals surface area (Å²) in [7, 11) is 0. The van der Waals surface area contributed by atoms with Gasteiger partial charge < -0.3 is 9.47 Å². The van der Waals surface area contributed by atoms with Crippen molar-refractivity contribution in [2.75, 3.05) is 0 Å². The summed E-state index contributed by atoms with van der Waals surface area (Å²) >= 11 is 1.46. The third-order valence-electron chi connectivity index (χ3n) is 3.85. The number of benzene rings is 2. The molecule has 0 aliphatic rings. The van der Waals surface area contributed by atoms with Crippen LogP contribution in [0.2, 0.25) is 0 Å². The van der Waals surface area contributed by atoms with Crippen LogP contribution in [0.3, 0.4) is 0 Å². The lowest BCUT2D eigenvalue weighted by Crippen LogP contribution is -2.05. The molecule has 27 heavy (non-hydrogen) atoms. The van der Waals surface area contributed by atoms with Crippen molar-refractivity contribution in [1.29, 1.82) is 0 Å². The van der Waals surface area contributed by atoms with E-state index < -0.39 is 13.2 Å². The molecule has 1 aromatic heterocycles. The van der Waals surface area contributed by atoms with Crippen molar-refractivity contribution in [3.63, 3.8) is 0 Å².